The van der Waals surface area contributed by atoms with E-state index in [2.05, 4.69) is 62.5 Å². The average Bonchev–Trinajstić information content (AvgIpc) is 3.17. The van der Waals surface area contributed by atoms with Crippen molar-refractivity contribution in [2.45, 2.75) is 96.8 Å². The molecule has 1 heterocycles. The van der Waals surface area contributed by atoms with Crippen LogP contribution in [0, 0.1) is 28.6 Å². The van der Waals surface area contributed by atoms with E-state index in [0.29, 0.717) is 43.6 Å². The van der Waals surface area contributed by atoms with Crippen molar-refractivity contribution in [2.24, 2.45) is 23.2 Å². The summed E-state index contributed by atoms with van der Waals surface area (Å²) in [5.74, 6) is 0.861. The van der Waals surface area contributed by atoms with Gasteiger partial charge in [-0.3, -0.25) is 15.0 Å². The molecule has 0 aromatic carbocycles. The van der Waals surface area contributed by atoms with Gasteiger partial charge in [0.2, 0.25) is 11.8 Å². The predicted octanol–water partition coefficient (Wildman–Crippen LogP) is 2.37. The summed E-state index contributed by atoms with van der Waals surface area (Å²) in [6.45, 7) is 15.2. The Kier molecular flexibility index (Phi) is 9.14. The lowest BCUT2D eigenvalue weighted by atomic mass is 9.43. The molecule has 36 heavy (non-hydrogen) atoms. The molecular weight excluding hydrogens is 457 g/mol. The molecule has 4 aliphatic rings. The van der Waals surface area contributed by atoms with Gasteiger partial charge in [0, 0.05) is 20.0 Å². The van der Waals surface area contributed by atoms with Crippen molar-refractivity contribution in [3.05, 3.63) is 12.7 Å². The largest absolute Gasteiger partial charge is 0.481 e. The van der Waals surface area contributed by atoms with Gasteiger partial charge >= 0.3 is 7.12 Å². The summed E-state index contributed by atoms with van der Waals surface area (Å²) in [5.41, 5.74) is -0.0948. The Bertz CT molecular complexity index is 837. The molecule has 4 fully saturated rings. The first-order valence-electron chi connectivity index (χ1n) is 13.5. The summed E-state index contributed by atoms with van der Waals surface area (Å²) in [7, 11) is 1.16. The fourth-order valence-corrected chi connectivity index (χ4v) is 6.36. The van der Waals surface area contributed by atoms with Gasteiger partial charge in [-0.05, 0) is 62.2 Å². The minimum atomic E-state index is -0.691. The number of hydrogen-bond acceptors (Lipinski definition) is 5. The molecule has 0 unspecified atom stereocenters. The molecule has 0 aromatic heterocycles. The van der Waals surface area contributed by atoms with Crippen LogP contribution in [0.25, 0.3) is 0 Å². The molecule has 1 saturated heterocycles. The van der Waals surface area contributed by atoms with Crippen LogP contribution in [-0.4, -0.2) is 62.2 Å². The summed E-state index contributed by atoms with van der Waals surface area (Å²) < 4.78 is 13.1. The molecule has 5 N–H and O–H groups in total. The molecule has 2 amide bonds. The van der Waals surface area contributed by atoms with Crippen molar-refractivity contribution >= 4 is 24.9 Å². The maximum absolute atomic E-state index is 13.4. The highest BCUT2D eigenvalue weighted by atomic mass is 16.7. The Balaban J connectivity index is 1.68. The zero-order valence-electron chi connectivity index (χ0n) is 22.9. The first-order valence-corrected chi connectivity index (χ1v) is 13.5. The Labute approximate surface area is 216 Å². The summed E-state index contributed by atoms with van der Waals surface area (Å²) in [6.07, 6.45) is 5.65. The van der Waals surface area contributed by atoms with E-state index in [4.69, 9.17) is 14.7 Å². The van der Waals surface area contributed by atoms with Gasteiger partial charge < -0.3 is 30.6 Å². The number of hydrogen-bond donors (Lipinski definition) is 5. The van der Waals surface area contributed by atoms with Crippen LogP contribution >= 0.6 is 0 Å². The molecule has 4 rings (SSSR count). The number of carbonyl (C=O) groups is 2. The third kappa shape index (κ3) is 6.07. The van der Waals surface area contributed by atoms with Crippen LogP contribution in [-0.2, 0) is 18.9 Å². The lowest BCUT2D eigenvalue weighted by molar-refractivity contribution is -0.199. The van der Waals surface area contributed by atoms with Crippen molar-refractivity contribution in [1.82, 2.24) is 21.3 Å². The molecule has 6 atom stereocenters. The summed E-state index contributed by atoms with van der Waals surface area (Å²) in [4.78, 5) is 25.8. The topological polar surface area (TPSA) is 125 Å². The molecule has 2 bridgehead atoms. The van der Waals surface area contributed by atoms with Crippen LogP contribution in [0.4, 0.5) is 0 Å². The van der Waals surface area contributed by atoms with Crippen LogP contribution in [0.5, 0.6) is 0 Å². The number of carbonyl (C=O) groups excluding carboxylic acids is 2. The van der Waals surface area contributed by atoms with E-state index in [1.165, 1.54) is 12.5 Å². The van der Waals surface area contributed by atoms with Crippen LogP contribution in [0.2, 0.25) is 0 Å². The fraction of sp³-hybridized carbons (Fsp3) is 0.808. The number of amides is 2. The monoisotopic (exact) mass is 503 g/mol. The molecular formula is C26H46BN5O4. The first kappa shape index (κ1) is 28.5. The van der Waals surface area contributed by atoms with Crippen LogP contribution in [0.1, 0.15) is 73.1 Å². The van der Waals surface area contributed by atoms with Gasteiger partial charge in [-0.15, -0.1) is 6.58 Å². The van der Waals surface area contributed by atoms with E-state index in [1.54, 1.807) is 7.05 Å². The average molecular weight is 503 g/mol. The molecule has 9 nitrogen and oxygen atoms in total. The summed E-state index contributed by atoms with van der Waals surface area (Å²) in [5, 5.41) is 19.3. The number of guanidine groups is 1. The van der Waals surface area contributed by atoms with E-state index >= 15 is 0 Å². The number of rotatable bonds is 12. The molecule has 0 radical (unpaired) electrons. The second-order valence-electron chi connectivity index (χ2n) is 11.9. The minimum absolute atomic E-state index is 0.0440. The third-order valence-corrected chi connectivity index (χ3v) is 8.55. The molecule has 3 aliphatic carbocycles. The maximum atomic E-state index is 13.4. The van der Waals surface area contributed by atoms with E-state index in [9.17, 15) is 9.59 Å². The maximum Gasteiger partial charge on any atom is 0.481 e. The van der Waals surface area contributed by atoms with Gasteiger partial charge in [0.1, 0.15) is 6.04 Å². The van der Waals surface area contributed by atoms with Crippen molar-refractivity contribution < 1.29 is 18.9 Å². The second-order valence-corrected chi connectivity index (χ2v) is 11.9. The van der Waals surface area contributed by atoms with Crippen LogP contribution in [0.3, 0.4) is 0 Å². The molecule has 3 saturated carbocycles. The summed E-state index contributed by atoms with van der Waals surface area (Å²) >= 11 is 0. The Morgan fingerprint density at radius 2 is 1.94 bits per heavy atom. The predicted molar refractivity (Wildman–Crippen MR) is 142 cm³/mol. The Hall–Kier alpha value is -2.07. The summed E-state index contributed by atoms with van der Waals surface area (Å²) in [6, 6.07) is -0.691. The molecule has 1 aliphatic heterocycles. The third-order valence-electron chi connectivity index (χ3n) is 8.55. The van der Waals surface area contributed by atoms with E-state index in [-0.39, 0.29) is 47.3 Å². The second kappa shape index (κ2) is 11.5. The molecule has 202 valence electrons. The molecule has 0 aromatic rings. The fourth-order valence-electron chi connectivity index (χ4n) is 6.36. The van der Waals surface area contributed by atoms with Crippen molar-refractivity contribution in [3.63, 3.8) is 0 Å². The Morgan fingerprint density at radius 1 is 1.22 bits per heavy atom. The Morgan fingerprint density at radius 3 is 2.56 bits per heavy atom. The van der Waals surface area contributed by atoms with Gasteiger partial charge in [0.05, 0.1) is 17.6 Å². The van der Waals surface area contributed by atoms with Crippen molar-refractivity contribution in [1.29, 1.82) is 5.41 Å². The van der Waals surface area contributed by atoms with Crippen LogP contribution < -0.4 is 21.3 Å². The lowest BCUT2D eigenvalue weighted by Crippen LogP contribution is -2.65. The van der Waals surface area contributed by atoms with E-state index in [1.807, 2.05) is 0 Å². The smallest absolute Gasteiger partial charge is 0.404 e. The van der Waals surface area contributed by atoms with Gasteiger partial charge in [0.25, 0.3) is 0 Å². The highest BCUT2D eigenvalue weighted by Crippen LogP contribution is 2.65. The lowest BCUT2D eigenvalue weighted by Gasteiger charge is -2.64. The quantitative estimate of drug-likeness (QED) is 0.0916. The standard InChI is InChI=1S/C26H46BN5O4/c1-8-10-22(33)31-18(11-9-12-30-24(28)29-7)23(34)32-21(13-16(2)3)27-35-20-15-17-14-19(25(17,4)5)26(20,6)36-27/h8,16-21H,1,9-15H2,2-7H3,(H,31,33)(H,32,34)(H3,28,29,30)/t17-,18-,19-,20+,21-,26-/m0/s1. The van der Waals surface area contributed by atoms with Gasteiger partial charge in [-0.1, -0.05) is 33.8 Å². The SMILES string of the molecule is C=CCC(=O)N[C@@H](CCCNC(=N)NC)C(=O)N[C@@H](CC(C)C)B1O[C@@H]2C[C@@H]3C[C@@H](C3(C)C)[C@]2(C)O1. The zero-order valence-corrected chi connectivity index (χ0v) is 22.9. The highest BCUT2D eigenvalue weighted by Gasteiger charge is 2.68. The number of nitrogens with one attached hydrogen (secondary N) is 5. The first-order chi connectivity index (χ1) is 16.9. The van der Waals surface area contributed by atoms with Gasteiger partial charge in [0.15, 0.2) is 5.96 Å². The normalized spacial score (nSPS) is 29.4. The molecule has 0 spiro atoms. The minimum Gasteiger partial charge on any atom is -0.404 e. The van der Waals surface area contributed by atoms with Gasteiger partial charge in [-0.25, -0.2) is 0 Å². The van der Waals surface area contributed by atoms with Crippen molar-refractivity contribution in [2.75, 3.05) is 13.6 Å². The molecule has 10 heteroatoms. The van der Waals surface area contributed by atoms with E-state index in [0.717, 1.165) is 6.42 Å². The van der Waals surface area contributed by atoms with Crippen molar-refractivity contribution in [3.8, 4) is 0 Å². The van der Waals surface area contributed by atoms with Gasteiger partial charge in [-0.2, -0.15) is 0 Å². The highest BCUT2D eigenvalue weighted by molar-refractivity contribution is 6.47. The van der Waals surface area contributed by atoms with E-state index < -0.39 is 13.2 Å². The van der Waals surface area contributed by atoms with Crippen LogP contribution in [0.15, 0.2) is 12.7 Å². The zero-order chi connectivity index (χ0) is 26.7.